The van der Waals surface area contributed by atoms with Gasteiger partial charge in [-0.25, -0.2) is 0 Å². The third-order valence-electron chi connectivity index (χ3n) is 3.43. The molecule has 1 atom stereocenters. The molecule has 2 aromatic rings. The number of carboxylic acid groups (broad SMARTS) is 1. The first kappa shape index (κ1) is 14.9. The van der Waals surface area contributed by atoms with E-state index in [1.807, 2.05) is 49.8 Å². The van der Waals surface area contributed by atoms with E-state index < -0.39 is 16.8 Å². The minimum atomic E-state index is -0.978. The van der Waals surface area contributed by atoms with Crippen molar-refractivity contribution in [1.82, 2.24) is 9.78 Å². The van der Waals surface area contributed by atoms with Crippen LogP contribution < -0.4 is 5.73 Å². The van der Waals surface area contributed by atoms with Gasteiger partial charge in [-0.2, -0.15) is 5.10 Å². The second-order valence-electron chi connectivity index (χ2n) is 5.30. The summed E-state index contributed by atoms with van der Waals surface area (Å²) in [5.74, 6) is -0.344. The van der Waals surface area contributed by atoms with Gasteiger partial charge in [-0.05, 0) is 19.9 Å². The molecule has 0 saturated heterocycles. The number of carboxylic acids is 1. The molecule has 0 amide bonds. The van der Waals surface area contributed by atoms with Crippen LogP contribution in [0.5, 0.6) is 0 Å². The Morgan fingerprint density at radius 1 is 1.50 bits per heavy atom. The number of aryl methyl sites for hydroxylation is 1. The highest BCUT2D eigenvalue weighted by molar-refractivity contribution is 7.99. The van der Waals surface area contributed by atoms with Crippen LogP contribution in [0.2, 0.25) is 0 Å². The van der Waals surface area contributed by atoms with E-state index in [0.717, 1.165) is 16.6 Å². The molecule has 0 aliphatic carbocycles. The molecule has 0 fully saturated rings. The number of rotatable bonds is 5. The minimum Gasteiger partial charge on any atom is -0.480 e. The van der Waals surface area contributed by atoms with E-state index in [2.05, 4.69) is 5.10 Å². The summed E-state index contributed by atoms with van der Waals surface area (Å²) in [6, 6.07) is 7.10. The van der Waals surface area contributed by atoms with Gasteiger partial charge >= 0.3 is 5.97 Å². The van der Waals surface area contributed by atoms with Crippen molar-refractivity contribution in [3.63, 3.8) is 0 Å². The molecular formula is C14H19N3O2S. The Balaban J connectivity index is 2.19. The first-order valence-electron chi connectivity index (χ1n) is 6.36. The van der Waals surface area contributed by atoms with Crippen LogP contribution in [0.3, 0.4) is 0 Å². The molecule has 108 valence electrons. The molecule has 3 N–H and O–H groups in total. The summed E-state index contributed by atoms with van der Waals surface area (Å²) in [4.78, 5) is 11.0. The zero-order valence-electron chi connectivity index (χ0n) is 11.8. The zero-order chi connectivity index (χ0) is 14.9. The fraction of sp³-hybridized carbons (Fsp3) is 0.429. The first-order chi connectivity index (χ1) is 9.33. The fourth-order valence-corrected chi connectivity index (χ4v) is 3.04. The average molecular weight is 293 g/mol. The molecule has 5 nitrogen and oxygen atoms in total. The van der Waals surface area contributed by atoms with Gasteiger partial charge in [0.1, 0.15) is 6.04 Å². The van der Waals surface area contributed by atoms with Crippen LogP contribution in [0.25, 0.3) is 10.9 Å². The smallest absolute Gasteiger partial charge is 0.321 e. The standard InChI is InChI=1S/C14H19N3O2S/c1-14(2,12(15)13(18)19)20-8-10-9-6-4-5-7-11(9)17(3)16-10/h4-7,12H,8,15H2,1-3H3,(H,18,19)/t12-/m1/s1. The molecule has 0 unspecified atom stereocenters. The van der Waals surface area contributed by atoms with Crippen molar-refractivity contribution in [3.8, 4) is 0 Å². The maximum absolute atomic E-state index is 11.0. The van der Waals surface area contributed by atoms with Crippen molar-refractivity contribution in [3.05, 3.63) is 30.0 Å². The molecule has 0 radical (unpaired) electrons. The Kier molecular flexibility index (Phi) is 4.06. The molecule has 0 saturated carbocycles. The monoisotopic (exact) mass is 293 g/mol. The van der Waals surface area contributed by atoms with E-state index in [9.17, 15) is 4.79 Å². The maximum atomic E-state index is 11.0. The van der Waals surface area contributed by atoms with Crippen molar-refractivity contribution < 1.29 is 9.90 Å². The van der Waals surface area contributed by atoms with Gasteiger partial charge < -0.3 is 10.8 Å². The summed E-state index contributed by atoms with van der Waals surface area (Å²) >= 11 is 1.51. The second-order valence-corrected chi connectivity index (χ2v) is 6.93. The second kappa shape index (κ2) is 5.46. The number of nitrogens with zero attached hydrogens (tertiary/aromatic N) is 2. The Morgan fingerprint density at radius 3 is 2.80 bits per heavy atom. The third-order valence-corrected chi connectivity index (χ3v) is 4.85. The number of aliphatic carboxylic acids is 1. The predicted molar refractivity (Wildman–Crippen MR) is 81.7 cm³/mol. The lowest BCUT2D eigenvalue weighted by molar-refractivity contribution is -0.139. The van der Waals surface area contributed by atoms with Crippen molar-refractivity contribution in [2.75, 3.05) is 0 Å². The van der Waals surface area contributed by atoms with Crippen molar-refractivity contribution >= 4 is 28.6 Å². The summed E-state index contributed by atoms with van der Waals surface area (Å²) in [5.41, 5.74) is 7.76. The van der Waals surface area contributed by atoms with Crippen molar-refractivity contribution in [2.45, 2.75) is 30.4 Å². The highest BCUT2D eigenvalue weighted by Crippen LogP contribution is 2.32. The Morgan fingerprint density at radius 2 is 2.15 bits per heavy atom. The number of aromatic nitrogens is 2. The number of hydrogen-bond donors (Lipinski definition) is 2. The van der Waals surface area contributed by atoms with Crippen LogP contribution in [0, 0.1) is 0 Å². The summed E-state index contributed by atoms with van der Waals surface area (Å²) in [6.45, 7) is 3.70. The van der Waals surface area contributed by atoms with Gasteiger partial charge in [0, 0.05) is 22.9 Å². The molecule has 20 heavy (non-hydrogen) atoms. The SMILES string of the molecule is Cn1nc(CSC(C)(C)[C@H](N)C(=O)O)c2ccccc21. The van der Waals surface area contributed by atoms with Gasteiger partial charge in [0.15, 0.2) is 0 Å². The minimum absolute atomic E-state index is 0.551. The largest absolute Gasteiger partial charge is 0.480 e. The van der Waals surface area contributed by atoms with E-state index in [4.69, 9.17) is 10.8 Å². The van der Waals surface area contributed by atoms with E-state index in [-0.39, 0.29) is 0 Å². The van der Waals surface area contributed by atoms with E-state index >= 15 is 0 Å². The van der Waals surface area contributed by atoms with Crippen LogP contribution in [0.1, 0.15) is 19.5 Å². The zero-order valence-corrected chi connectivity index (χ0v) is 12.6. The normalized spacial score (nSPS) is 13.6. The Bertz CT molecular complexity index is 636. The maximum Gasteiger partial charge on any atom is 0.321 e. The summed E-state index contributed by atoms with van der Waals surface area (Å²) < 4.78 is 1.29. The van der Waals surface area contributed by atoms with Crippen LogP contribution in [-0.2, 0) is 17.6 Å². The van der Waals surface area contributed by atoms with E-state index in [1.165, 1.54) is 11.8 Å². The number of benzene rings is 1. The lowest BCUT2D eigenvalue weighted by Gasteiger charge is -2.27. The molecule has 2 rings (SSSR count). The molecule has 0 aliphatic rings. The summed E-state index contributed by atoms with van der Waals surface area (Å²) in [5, 5.41) is 14.6. The first-order valence-corrected chi connectivity index (χ1v) is 7.34. The fourth-order valence-electron chi connectivity index (χ4n) is 2.04. The lowest BCUT2D eigenvalue weighted by Crippen LogP contribution is -2.46. The number of nitrogens with two attached hydrogens (primary N) is 1. The highest BCUT2D eigenvalue weighted by atomic mass is 32.2. The van der Waals surface area contributed by atoms with Gasteiger partial charge in [0.25, 0.3) is 0 Å². The predicted octanol–water partition coefficient (Wildman–Crippen LogP) is 2.00. The van der Waals surface area contributed by atoms with Gasteiger partial charge in [-0.15, -0.1) is 11.8 Å². The van der Waals surface area contributed by atoms with Crippen LogP contribution in [0.4, 0.5) is 0 Å². The van der Waals surface area contributed by atoms with Gasteiger partial charge in [0.2, 0.25) is 0 Å². The quantitative estimate of drug-likeness (QED) is 0.881. The number of para-hydroxylation sites is 1. The highest BCUT2D eigenvalue weighted by Gasteiger charge is 2.32. The molecular weight excluding hydrogens is 274 g/mol. The number of carbonyl (C=O) groups is 1. The van der Waals surface area contributed by atoms with Gasteiger partial charge in [-0.3, -0.25) is 9.48 Å². The molecule has 0 aliphatic heterocycles. The van der Waals surface area contributed by atoms with Crippen LogP contribution in [-0.4, -0.2) is 31.6 Å². The molecule has 1 heterocycles. The van der Waals surface area contributed by atoms with Crippen molar-refractivity contribution in [2.24, 2.45) is 12.8 Å². The summed E-state index contributed by atoms with van der Waals surface area (Å²) in [6.07, 6.45) is 0. The van der Waals surface area contributed by atoms with Crippen LogP contribution in [0.15, 0.2) is 24.3 Å². The lowest BCUT2D eigenvalue weighted by atomic mass is 10.1. The molecule has 0 bridgehead atoms. The Hall–Kier alpha value is -1.53. The molecule has 6 heteroatoms. The Labute approximate surface area is 122 Å². The van der Waals surface area contributed by atoms with Gasteiger partial charge in [-0.1, -0.05) is 18.2 Å². The van der Waals surface area contributed by atoms with E-state index in [1.54, 1.807) is 0 Å². The number of fused-ring (bicyclic) bond motifs is 1. The molecule has 0 spiro atoms. The van der Waals surface area contributed by atoms with Crippen LogP contribution >= 0.6 is 11.8 Å². The molecule has 1 aromatic heterocycles. The van der Waals surface area contributed by atoms with E-state index in [0.29, 0.717) is 5.75 Å². The molecule has 1 aromatic carbocycles. The number of hydrogen-bond acceptors (Lipinski definition) is 4. The topological polar surface area (TPSA) is 81.1 Å². The summed E-state index contributed by atoms with van der Waals surface area (Å²) in [7, 11) is 1.91. The van der Waals surface area contributed by atoms with Crippen molar-refractivity contribution in [1.29, 1.82) is 0 Å². The number of thioether (sulfide) groups is 1. The third kappa shape index (κ3) is 2.81. The average Bonchev–Trinajstić information content (AvgIpc) is 2.73. The van der Waals surface area contributed by atoms with Gasteiger partial charge in [0.05, 0.1) is 11.2 Å².